The van der Waals surface area contributed by atoms with Crippen molar-refractivity contribution < 1.29 is 19.5 Å². The first kappa shape index (κ1) is 18.8. The molecule has 0 heterocycles. The Hall–Kier alpha value is -2.57. The predicted octanol–water partition coefficient (Wildman–Crippen LogP) is 1.68. The van der Waals surface area contributed by atoms with Crippen LogP contribution >= 0.6 is 0 Å². The SMILES string of the molecule is CC(C(=O)O)N(C(=O)CCNC(=O)N(C)Cc1ccccc1)C1CC1. The molecule has 1 aromatic carbocycles. The van der Waals surface area contributed by atoms with Crippen LogP contribution in [0.3, 0.4) is 0 Å². The zero-order valence-corrected chi connectivity index (χ0v) is 14.6. The van der Waals surface area contributed by atoms with Crippen molar-refractivity contribution in [1.82, 2.24) is 15.1 Å². The first-order chi connectivity index (χ1) is 11.9. The number of nitrogens with one attached hydrogen (secondary N) is 1. The molecule has 1 aliphatic rings. The molecule has 1 fully saturated rings. The van der Waals surface area contributed by atoms with Gasteiger partial charge in [-0.1, -0.05) is 30.3 Å². The van der Waals surface area contributed by atoms with Crippen molar-refractivity contribution >= 4 is 17.9 Å². The quantitative estimate of drug-likeness (QED) is 0.749. The molecule has 1 saturated carbocycles. The summed E-state index contributed by atoms with van der Waals surface area (Å²) >= 11 is 0. The van der Waals surface area contributed by atoms with Crippen LogP contribution in [0, 0.1) is 0 Å². The largest absolute Gasteiger partial charge is 0.480 e. The maximum absolute atomic E-state index is 12.3. The Labute approximate surface area is 147 Å². The van der Waals surface area contributed by atoms with E-state index in [2.05, 4.69) is 5.32 Å². The molecular formula is C18H25N3O4. The Morgan fingerprint density at radius 3 is 2.44 bits per heavy atom. The molecule has 7 nitrogen and oxygen atoms in total. The molecule has 1 aliphatic carbocycles. The molecule has 25 heavy (non-hydrogen) atoms. The van der Waals surface area contributed by atoms with Crippen LogP contribution in [-0.4, -0.2) is 58.5 Å². The first-order valence-corrected chi connectivity index (χ1v) is 8.47. The van der Waals surface area contributed by atoms with Crippen LogP contribution in [0.25, 0.3) is 0 Å². The molecule has 0 spiro atoms. The van der Waals surface area contributed by atoms with Crippen LogP contribution in [0.15, 0.2) is 30.3 Å². The third-order valence-corrected chi connectivity index (χ3v) is 4.23. The number of benzene rings is 1. The van der Waals surface area contributed by atoms with Gasteiger partial charge in [0.2, 0.25) is 5.91 Å². The van der Waals surface area contributed by atoms with E-state index in [1.54, 1.807) is 11.9 Å². The van der Waals surface area contributed by atoms with Gasteiger partial charge >= 0.3 is 12.0 Å². The van der Waals surface area contributed by atoms with Crippen LogP contribution in [0.5, 0.6) is 0 Å². The van der Waals surface area contributed by atoms with Crippen LogP contribution < -0.4 is 5.32 Å². The maximum atomic E-state index is 12.3. The zero-order valence-electron chi connectivity index (χ0n) is 14.6. The van der Waals surface area contributed by atoms with Crippen molar-refractivity contribution in [2.45, 2.75) is 44.8 Å². The zero-order chi connectivity index (χ0) is 18.4. The predicted molar refractivity (Wildman–Crippen MR) is 92.9 cm³/mol. The summed E-state index contributed by atoms with van der Waals surface area (Å²) in [5, 5.41) is 11.8. The van der Waals surface area contributed by atoms with E-state index < -0.39 is 12.0 Å². The second-order valence-electron chi connectivity index (χ2n) is 6.37. The average molecular weight is 347 g/mol. The third-order valence-electron chi connectivity index (χ3n) is 4.23. The van der Waals surface area contributed by atoms with E-state index in [0.29, 0.717) is 6.54 Å². The number of carboxylic acids is 1. The molecule has 1 atom stereocenters. The molecular weight excluding hydrogens is 322 g/mol. The van der Waals surface area contributed by atoms with E-state index in [0.717, 1.165) is 18.4 Å². The normalized spacial score (nSPS) is 14.5. The average Bonchev–Trinajstić information content (AvgIpc) is 3.40. The summed E-state index contributed by atoms with van der Waals surface area (Å²) < 4.78 is 0. The Balaban J connectivity index is 1.77. The second-order valence-corrected chi connectivity index (χ2v) is 6.37. The van der Waals surface area contributed by atoms with Gasteiger partial charge in [-0.15, -0.1) is 0 Å². The number of carboxylic acid groups (broad SMARTS) is 1. The highest BCUT2D eigenvalue weighted by molar-refractivity contribution is 5.84. The van der Waals surface area contributed by atoms with Crippen molar-refractivity contribution in [2.75, 3.05) is 13.6 Å². The lowest BCUT2D eigenvalue weighted by atomic mass is 10.2. The lowest BCUT2D eigenvalue weighted by Gasteiger charge is -2.26. The molecule has 0 bridgehead atoms. The number of aliphatic carboxylic acids is 1. The van der Waals surface area contributed by atoms with Gasteiger partial charge in [0.1, 0.15) is 6.04 Å². The van der Waals surface area contributed by atoms with E-state index in [4.69, 9.17) is 5.11 Å². The molecule has 7 heteroatoms. The number of nitrogens with zero attached hydrogens (tertiary/aromatic N) is 2. The molecule has 0 aromatic heterocycles. The maximum Gasteiger partial charge on any atom is 0.326 e. The summed E-state index contributed by atoms with van der Waals surface area (Å²) in [6, 6.07) is 8.54. The summed E-state index contributed by atoms with van der Waals surface area (Å²) in [7, 11) is 1.69. The summed E-state index contributed by atoms with van der Waals surface area (Å²) in [6.07, 6.45) is 1.78. The number of hydrogen-bond donors (Lipinski definition) is 2. The molecule has 3 amide bonds. The van der Waals surface area contributed by atoms with Crippen LogP contribution in [0.2, 0.25) is 0 Å². The summed E-state index contributed by atoms with van der Waals surface area (Å²) in [4.78, 5) is 38.5. The second kappa shape index (κ2) is 8.50. The van der Waals surface area contributed by atoms with E-state index in [-0.39, 0.29) is 30.9 Å². The Kier molecular flexibility index (Phi) is 6.38. The van der Waals surface area contributed by atoms with E-state index in [9.17, 15) is 14.4 Å². The number of amides is 3. The molecule has 1 unspecified atom stereocenters. The summed E-state index contributed by atoms with van der Waals surface area (Å²) in [5.74, 6) is -1.24. The van der Waals surface area contributed by atoms with E-state index in [1.165, 1.54) is 11.8 Å². The van der Waals surface area contributed by atoms with Gasteiger partial charge in [-0.25, -0.2) is 9.59 Å². The van der Waals surface area contributed by atoms with Gasteiger partial charge in [-0.2, -0.15) is 0 Å². The van der Waals surface area contributed by atoms with Gasteiger partial charge in [0.25, 0.3) is 0 Å². The van der Waals surface area contributed by atoms with Crippen LogP contribution in [0.4, 0.5) is 4.79 Å². The van der Waals surface area contributed by atoms with Gasteiger partial charge in [0.05, 0.1) is 0 Å². The third kappa shape index (κ3) is 5.48. The van der Waals surface area contributed by atoms with Crippen molar-refractivity contribution in [3.63, 3.8) is 0 Å². The minimum atomic E-state index is -1.01. The lowest BCUT2D eigenvalue weighted by Crippen LogP contribution is -2.46. The fourth-order valence-electron chi connectivity index (χ4n) is 2.68. The van der Waals surface area contributed by atoms with Gasteiger partial charge in [0, 0.05) is 32.6 Å². The van der Waals surface area contributed by atoms with Gasteiger partial charge in [0.15, 0.2) is 0 Å². The molecule has 1 aromatic rings. The molecule has 2 rings (SSSR count). The monoisotopic (exact) mass is 347 g/mol. The van der Waals surface area contributed by atoms with Crippen molar-refractivity contribution in [1.29, 1.82) is 0 Å². The highest BCUT2D eigenvalue weighted by atomic mass is 16.4. The van der Waals surface area contributed by atoms with Crippen molar-refractivity contribution in [3.05, 3.63) is 35.9 Å². The smallest absolute Gasteiger partial charge is 0.326 e. The van der Waals surface area contributed by atoms with Crippen LogP contribution in [0.1, 0.15) is 31.7 Å². The standard InChI is InChI=1S/C18H25N3O4/c1-13(17(23)24)21(15-8-9-15)16(22)10-11-19-18(25)20(2)12-14-6-4-3-5-7-14/h3-7,13,15H,8-12H2,1-2H3,(H,19,25)(H,23,24). The summed E-state index contributed by atoms with van der Waals surface area (Å²) in [5.41, 5.74) is 1.02. The highest BCUT2D eigenvalue weighted by Crippen LogP contribution is 2.29. The minimum Gasteiger partial charge on any atom is -0.480 e. The summed E-state index contributed by atoms with van der Waals surface area (Å²) in [6.45, 7) is 2.18. The minimum absolute atomic E-state index is 0.0232. The van der Waals surface area contributed by atoms with Gasteiger partial charge in [-0.3, -0.25) is 4.79 Å². The van der Waals surface area contributed by atoms with Gasteiger partial charge < -0.3 is 20.2 Å². The van der Waals surface area contributed by atoms with Gasteiger partial charge in [-0.05, 0) is 25.3 Å². The number of rotatable bonds is 8. The highest BCUT2D eigenvalue weighted by Gasteiger charge is 2.37. The topological polar surface area (TPSA) is 90.0 Å². The van der Waals surface area contributed by atoms with Crippen LogP contribution in [-0.2, 0) is 16.1 Å². The lowest BCUT2D eigenvalue weighted by molar-refractivity contribution is -0.150. The Morgan fingerprint density at radius 2 is 1.88 bits per heavy atom. The number of carbonyl (C=O) groups excluding carboxylic acids is 2. The van der Waals surface area contributed by atoms with E-state index in [1.807, 2.05) is 30.3 Å². The number of hydrogen-bond acceptors (Lipinski definition) is 3. The van der Waals surface area contributed by atoms with E-state index >= 15 is 0 Å². The number of urea groups is 1. The van der Waals surface area contributed by atoms with Crippen molar-refractivity contribution in [2.24, 2.45) is 0 Å². The fraction of sp³-hybridized carbons (Fsp3) is 0.500. The molecule has 136 valence electrons. The molecule has 0 radical (unpaired) electrons. The fourth-order valence-corrected chi connectivity index (χ4v) is 2.68. The molecule has 0 saturated heterocycles. The Bertz CT molecular complexity index is 616. The van der Waals surface area contributed by atoms with Crippen molar-refractivity contribution in [3.8, 4) is 0 Å². The Morgan fingerprint density at radius 1 is 1.24 bits per heavy atom. The molecule has 2 N–H and O–H groups in total. The first-order valence-electron chi connectivity index (χ1n) is 8.47. The number of carbonyl (C=O) groups is 3. The molecule has 0 aliphatic heterocycles.